The van der Waals surface area contributed by atoms with E-state index in [9.17, 15) is 4.79 Å². The van der Waals surface area contributed by atoms with E-state index in [1.54, 1.807) is 18.2 Å². The molecule has 5 nitrogen and oxygen atoms in total. The quantitative estimate of drug-likeness (QED) is 0.819. The molecule has 0 spiro atoms. The van der Waals surface area contributed by atoms with Crippen LogP contribution in [-0.4, -0.2) is 16.1 Å². The van der Waals surface area contributed by atoms with E-state index >= 15 is 0 Å². The summed E-state index contributed by atoms with van der Waals surface area (Å²) < 4.78 is 5.69. The van der Waals surface area contributed by atoms with E-state index in [1.807, 2.05) is 13.0 Å². The van der Waals surface area contributed by atoms with Crippen LogP contribution in [0.15, 0.2) is 28.7 Å². The highest BCUT2D eigenvalue weighted by Crippen LogP contribution is 2.12. The highest BCUT2D eigenvalue weighted by molar-refractivity contribution is 5.87. The lowest BCUT2D eigenvalue weighted by molar-refractivity contribution is 0.0696. The minimum atomic E-state index is -0.910. The Balaban J connectivity index is 1.92. The highest BCUT2D eigenvalue weighted by Gasteiger charge is 2.09. The number of nitrogens with zero attached hydrogens (tertiary/aromatic N) is 1. The van der Waals surface area contributed by atoms with Crippen molar-refractivity contribution in [3.05, 3.63) is 52.7 Å². The van der Waals surface area contributed by atoms with Crippen LogP contribution in [0.4, 0.5) is 0 Å². The van der Waals surface area contributed by atoms with Crippen LogP contribution in [0.2, 0.25) is 0 Å². The third kappa shape index (κ3) is 4.16. The molecule has 1 aromatic carbocycles. The van der Waals surface area contributed by atoms with Crippen molar-refractivity contribution in [3.8, 4) is 0 Å². The number of carbonyl (C=O) groups is 1. The Morgan fingerprint density at radius 2 is 2.19 bits per heavy atom. The number of carboxylic acid groups (broad SMARTS) is 1. The number of aromatic nitrogens is 1. The van der Waals surface area contributed by atoms with Gasteiger partial charge in [0.05, 0.1) is 17.8 Å². The molecule has 1 aromatic heterocycles. The minimum absolute atomic E-state index is 0.301. The van der Waals surface area contributed by atoms with E-state index in [0.717, 1.165) is 35.7 Å². The number of carboxylic acids is 1. The van der Waals surface area contributed by atoms with Crippen LogP contribution in [0, 0.1) is 6.92 Å². The topological polar surface area (TPSA) is 75.4 Å². The van der Waals surface area contributed by atoms with Gasteiger partial charge < -0.3 is 14.8 Å². The average molecular weight is 288 g/mol. The lowest BCUT2D eigenvalue weighted by atomic mass is 10.1. The number of aryl methyl sites for hydroxylation is 2. The largest absolute Gasteiger partial charge is 0.478 e. The Morgan fingerprint density at radius 1 is 1.38 bits per heavy atom. The fourth-order valence-electron chi connectivity index (χ4n) is 2.11. The zero-order valence-electron chi connectivity index (χ0n) is 12.3. The summed E-state index contributed by atoms with van der Waals surface area (Å²) in [6.07, 6.45) is 1.86. The predicted molar refractivity (Wildman–Crippen MR) is 79.2 cm³/mol. The summed E-state index contributed by atoms with van der Waals surface area (Å²) >= 11 is 0. The highest BCUT2D eigenvalue weighted by atomic mass is 16.4. The first-order chi connectivity index (χ1) is 10.1. The summed E-state index contributed by atoms with van der Waals surface area (Å²) in [6, 6.07) is 6.91. The summed E-state index contributed by atoms with van der Waals surface area (Å²) in [5.74, 6) is 0.708. The fraction of sp³-hybridized carbons (Fsp3) is 0.375. The number of rotatable bonds is 7. The van der Waals surface area contributed by atoms with Gasteiger partial charge in [-0.1, -0.05) is 19.1 Å². The lowest BCUT2D eigenvalue weighted by Crippen LogP contribution is -2.13. The Morgan fingerprint density at radius 3 is 2.90 bits per heavy atom. The minimum Gasteiger partial charge on any atom is -0.478 e. The summed E-state index contributed by atoms with van der Waals surface area (Å²) in [6.45, 7) is 5.20. The molecule has 5 heteroatoms. The van der Waals surface area contributed by atoms with E-state index in [2.05, 4.69) is 17.2 Å². The van der Waals surface area contributed by atoms with Gasteiger partial charge in [0.1, 0.15) is 5.76 Å². The predicted octanol–water partition coefficient (Wildman–Crippen LogP) is 2.92. The lowest BCUT2D eigenvalue weighted by Gasteiger charge is -2.04. The number of benzene rings is 1. The summed E-state index contributed by atoms with van der Waals surface area (Å²) in [5, 5.41) is 12.2. The van der Waals surface area contributed by atoms with Crippen molar-refractivity contribution < 1.29 is 14.3 Å². The van der Waals surface area contributed by atoms with Gasteiger partial charge in [0, 0.05) is 13.0 Å². The van der Waals surface area contributed by atoms with Crippen molar-refractivity contribution in [2.24, 2.45) is 0 Å². The molecule has 0 bridgehead atoms. The van der Waals surface area contributed by atoms with Crippen LogP contribution in [-0.2, 0) is 19.5 Å². The van der Waals surface area contributed by atoms with Gasteiger partial charge in [-0.05, 0) is 31.0 Å². The van der Waals surface area contributed by atoms with Crippen molar-refractivity contribution >= 4 is 5.97 Å². The maximum Gasteiger partial charge on any atom is 0.335 e. The van der Waals surface area contributed by atoms with Crippen molar-refractivity contribution in [2.75, 3.05) is 0 Å². The van der Waals surface area contributed by atoms with Gasteiger partial charge in [0.2, 0.25) is 0 Å². The molecule has 0 radical (unpaired) electrons. The van der Waals surface area contributed by atoms with Crippen molar-refractivity contribution in [1.29, 1.82) is 0 Å². The van der Waals surface area contributed by atoms with Crippen LogP contribution in [0.3, 0.4) is 0 Å². The molecule has 2 N–H and O–H groups in total. The van der Waals surface area contributed by atoms with Crippen LogP contribution in [0.5, 0.6) is 0 Å². The molecule has 0 aliphatic rings. The molecule has 0 saturated heterocycles. The standard InChI is InChI=1S/C16H20N2O3/c1-3-5-15-18-11(2)14(21-15)10-17-9-12-6-4-7-13(8-12)16(19)20/h4,6-8,17H,3,5,9-10H2,1-2H3,(H,19,20). The third-order valence-electron chi connectivity index (χ3n) is 3.19. The monoisotopic (exact) mass is 288 g/mol. The Kier molecular flexibility index (Phi) is 5.11. The maximum atomic E-state index is 10.9. The zero-order valence-corrected chi connectivity index (χ0v) is 12.3. The fourth-order valence-corrected chi connectivity index (χ4v) is 2.11. The normalized spacial score (nSPS) is 10.8. The Labute approximate surface area is 124 Å². The van der Waals surface area contributed by atoms with Crippen LogP contribution in [0.1, 0.15) is 46.6 Å². The van der Waals surface area contributed by atoms with Crippen LogP contribution in [0.25, 0.3) is 0 Å². The Bertz CT molecular complexity index is 620. The maximum absolute atomic E-state index is 10.9. The molecule has 0 saturated carbocycles. The van der Waals surface area contributed by atoms with Gasteiger partial charge >= 0.3 is 5.97 Å². The molecular formula is C16H20N2O3. The molecule has 0 aliphatic heterocycles. The molecule has 0 aliphatic carbocycles. The Hall–Kier alpha value is -2.14. The van der Waals surface area contributed by atoms with Crippen molar-refractivity contribution in [1.82, 2.24) is 10.3 Å². The molecule has 0 fully saturated rings. The van der Waals surface area contributed by atoms with Crippen LogP contribution >= 0.6 is 0 Å². The number of aromatic carboxylic acids is 1. The van der Waals surface area contributed by atoms with Crippen molar-refractivity contribution in [3.63, 3.8) is 0 Å². The molecular weight excluding hydrogens is 268 g/mol. The zero-order chi connectivity index (χ0) is 15.2. The van der Waals surface area contributed by atoms with E-state index in [0.29, 0.717) is 18.7 Å². The molecule has 2 rings (SSSR count). The van der Waals surface area contributed by atoms with Gasteiger partial charge in [-0.3, -0.25) is 0 Å². The molecule has 112 valence electrons. The second-order valence-corrected chi connectivity index (χ2v) is 4.98. The number of nitrogens with one attached hydrogen (secondary N) is 1. The first kappa shape index (κ1) is 15.3. The SMILES string of the molecule is CCCc1nc(C)c(CNCc2cccc(C(=O)O)c2)o1. The van der Waals surface area contributed by atoms with E-state index in [4.69, 9.17) is 9.52 Å². The van der Waals surface area contributed by atoms with E-state index in [1.165, 1.54) is 0 Å². The average Bonchev–Trinajstić information content (AvgIpc) is 2.80. The first-order valence-corrected chi connectivity index (χ1v) is 7.08. The molecule has 21 heavy (non-hydrogen) atoms. The number of hydrogen-bond acceptors (Lipinski definition) is 4. The van der Waals surface area contributed by atoms with Crippen molar-refractivity contribution in [2.45, 2.75) is 39.8 Å². The number of hydrogen-bond donors (Lipinski definition) is 2. The second-order valence-electron chi connectivity index (χ2n) is 4.98. The summed E-state index contributed by atoms with van der Waals surface area (Å²) in [5.41, 5.74) is 2.14. The second kappa shape index (κ2) is 7.04. The molecule has 0 unspecified atom stereocenters. The van der Waals surface area contributed by atoms with Gasteiger partial charge in [0.25, 0.3) is 0 Å². The summed E-state index contributed by atoms with van der Waals surface area (Å²) in [7, 11) is 0. The smallest absolute Gasteiger partial charge is 0.335 e. The van der Waals surface area contributed by atoms with Gasteiger partial charge in [-0.2, -0.15) is 0 Å². The molecule has 0 amide bonds. The summed E-state index contributed by atoms with van der Waals surface area (Å²) in [4.78, 5) is 15.3. The van der Waals surface area contributed by atoms with Crippen LogP contribution < -0.4 is 5.32 Å². The first-order valence-electron chi connectivity index (χ1n) is 7.08. The van der Waals surface area contributed by atoms with E-state index < -0.39 is 5.97 Å². The molecule has 1 heterocycles. The van der Waals surface area contributed by atoms with E-state index in [-0.39, 0.29) is 0 Å². The van der Waals surface area contributed by atoms with Gasteiger partial charge in [-0.15, -0.1) is 0 Å². The molecule has 0 atom stereocenters. The van der Waals surface area contributed by atoms with Gasteiger partial charge in [-0.25, -0.2) is 9.78 Å². The number of oxazole rings is 1. The van der Waals surface area contributed by atoms with Gasteiger partial charge in [0.15, 0.2) is 5.89 Å². The third-order valence-corrected chi connectivity index (χ3v) is 3.19. The molecule has 2 aromatic rings.